The molecular formula is C10H20O. The monoisotopic (exact) mass is 156 g/mol. The van der Waals surface area contributed by atoms with Gasteiger partial charge in [-0.1, -0.05) is 20.8 Å². The van der Waals surface area contributed by atoms with Gasteiger partial charge in [0.15, 0.2) is 0 Å². The second-order valence-corrected chi connectivity index (χ2v) is 5.15. The van der Waals surface area contributed by atoms with Gasteiger partial charge in [0.25, 0.3) is 0 Å². The van der Waals surface area contributed by atoms with E-state index in [4.69, 9.17) is 4.74 Å². The highest BCUT2D eigenvalue weighted by Gasteiger charge is 2.33. The van der Waals surface area contributed by atoms with Crippen LogP contribution >= 0.6 is 0 Å². The largest absolute Gasteiger partial charge is 0.375 e. The molecule has 1 saturated carbocycles. The van der Waals surface area contributed by atoms with Crippen molar-refractivity contribution in [3.05, 3.63) is 0 Å². The summed E-state index contributed by atoms with van der Waals surface area (Å²) in [5.41, 5.74) is 0.547. The van der Waals surface area contributed by atoms with Gasteiger partial charge in [-0.3, -0.25) is 0 Å². The number of rotatable bonds is 2. The molecule has 0 spiro atoms. The minimum Gasteiger partial charge on any atom is -0.375 e. The first kappa shape index (κ1) is 9.05. The van der Waals surface area contributed by atoms with E-state index in [9.17, 15) is 0 Å². The lowest BCUT2D eigenvalue weighted by Gasteiger charge is -2.40. The molecule has 0 N–H and O–H groups in total. The van der Waals surface area contributed by atoms with E-state index >= 15 is 0 Å². The first-order valence-electron chi connectivity index (χ1n) is 4.55. The maximum Gasteiger partial charge on any atom is 0.0654 e. The molecule has 0 aromatic heterocycles. The van der Waals surface area contributed by atoms with Crippen LogP contribution in [0.3, 0.4) is 0 Å². The Morgan fingerprint density at radius 3 is 2.09 bits per heavy atom. The Balaban J connectivity index is 2.21. The Morgan fingerprint density at radius 1 is 1.27 bits per heavy atom. The summed E-state index contributed by atoms with van der Waals surface area (Å²) in [5.74, 6) is 0. The summed E-state index contributed by atoms with van der Waals surface area (Å²) in [7, 11) is 0. The summed E-state index contributed by atoms with van der Waals surface area (Å²) >= 11 is 0. The van der Waals surface area contributed by atoms with Gasteiger partial charge in [-0.15, -0.1) is 0 Å². The van der Waals surface area contributed by atoms with Crippen LogP contribution in [0.2, 0.25) is 0 Å². The van der Waals surface area contributed by atoms with Gasteiger partial charge in [0.1, 0.15) is 0 Å². The Bertz CT molecular complexity index is 128. The summed E-state index contributed by atoms with van der Waals surface area (Å²) in [6.45, 7) is 9.77. The van der Waals surface area contributed by atoms with E-state index in [1.165, 1.54) is 19.3 Å². The SMILES string of the molecule is CC(C)(C)COC1(C)CCC1. The van der Waals surface area contributed by atoms with Crippen LogP contribution in [0.1, 0.15) is 47.0 Å². The zero-order valence-electron chi connectivity index (χ0n) is 8.24. The van der Waals surface area contributed by atoms with Gasteiger partial charge in [0.05, 0.1) is 12.2 Å². The van der Waals surface area contributed by atoms with Crippen LogP contribution in [0, 0.1) is 5.41 Å². The van der Waals surface area contributed by atoms with Crippen LogP contribution in [0.5, 0.6) is 0 Å². The van der Waals surface area contributed by atoms with Gasteiger partial charge >= 0.3 is 0 Å². The van der Waals surface area contributed by atoms with E-state index in [0.717, 1.165) is 6.61 Å². The summed E-state index contributed by atoms with van der Waals surface area (Å²) < 4.78 is 5.83. The highest BCUT2D eigenvalue weighted by atomic mass is 16.5. The van der Waals surface area contributed by atoms with Crippen LogP contribution in [0.25, 0.3) is 0 Å². The molecule has 1 rings (SSSR count). The molecule has 0 bridgehead atoms. The van der Waals surface area contributed by atoms with Gasteiger partial charge in [0, 0.05) is 0 Å². The van der Waals surface area contributed by atoms with Crippen molar-refractivity contribution in [2.24, 2.45) is 5.41 Å². The third-order valence-electron chi connectivity index (χ3n) is 2.26. The second-order valence-electron chi connectivity index (χ2n) is 5.15. The highest BCUT2D eigenvalue weighted by Crippen LogP contribution is 2.36. The minimum atomic E-state index is 0.229. The maximum absolute atomic E-state index is 5.83. The predicted molar refractivity (Wildman–Crippen MR) is 47.7 cm³/mol. The fraction of sp³-hybridized carbons (Fsp3) is 1.00. The molecule has 0 atom stereocenters. The molecule has 0 radical (unpaired) electrons. The summed E-state index contributed by atoms with van der Waals surface area (Å²) in [5, 5.41) is 0. The molecule has 0 aromatic rings. The smallest absolute Gasteiger partial charge is 0.0654 e. The Hall–Kier alpha value is -0.0400. The zero-order valence-corrected chi connectivity index (χ0v) is 8.24. The second kappa shape index (κ2) is 2.78. The van der Waals surface area contributed by atoms with Crippen molar-refractivity contribution in [3.8, 4) is 0 Å². The minimum absolute atomic E-state index is 0.229. The van der Waals surface area contributed by atoms with Crippen LogP contribution in [0.4, 0.5) is 0 Å². The van der Waals surface area contributed by atoms with E-state index in [2.05, 4.69) is 27.7 Å². The number of hydrogen-bond donors (Lipinski definition) is 0. The summed E-state index contributed by atoms with van der Waals surface area (Å²) in [6.07, 6.45) is 3.85. The standard InChI is InChI=1S/C10H20O/c1-9(2,3)8-11-10(4)6-5-7-10/h5-8H2,1-4H3. The van der Waals surface area contributed by atoms with E-state index < -0.39 is 0 Å². The van der Waals surface area contributed by atoms with Crippen molar-refractivity contribution in [1.82, 2.24) is 0 Å². The molecule has 0 saturated heterocycles. The molecule has 0 amide bonds. The Kier molecular flexibility index (Phi) is 2.29. The molecule has 1 aliphatic rings. The van der Waals surface area contributed by atoms with Gasteiger partial charge in [-0.05, 0) is 31.6 Å². The number of hydrogen-bond acceptors (Lipinski definition) is 1. The van der Waals surface area contributed by atoms with Crippen molar-refractivity contribution >= 4 is 0 Å². The molecule has 0 aromatic carbocycles. The predicted octanol–water partition coefficient (Wildman–Crippen LogP) is 2.99. The van der Waals surface area contributed by atoms with Crippen LogP contribution < -0.4 is 0 Å². The molecular weight excluding hydrogens is 136 g/mol. The molecule has 0 heterocycles. The molecule has 11 heavy (non-hydrogen) atoms. The molecule has 1 heteroatoms. The molecule has 1 fully saturated rings. The van der Waals surface area contributed by atoms with Gasteiger partial charge < -0.3 is 4.74 Å². The van der Waals surface area contributed by atoms with Crippen LogP contribution in [-0.4, -0.2) is 12.2 Å². The lowest BCUT2D eigenvalue weighted by molar-refractivity contribution is -0.108. The lowest BCUT2D eigenvalue weighted by atomic mass is 9.81. The van der Waals surface area contributed by atoms with Crippen molar-refractivity contribution < 1.29 is 4.74 Å². The van der Waals surface area contributed by atoms with E-state index in [1.54, 1.807) is 0 Å². The Morgan fingerprint density at radius 2 is 1.82 bits per heavy atom. The average molecular weight is 156 g/mol. The molecule has 0 unspecified atom stereocenters. The fourth-order valence-corrected chi connectivity index (χ4v) is 1.21. The first-order chi connectivity index (χ1) is 4.91. The van der Waals surface area contributed by atoms with Crippen molar-refractivity contribution in [3.63, 3.8) is 0 Å². The summed E-state index contributed by atoms with van der Waals surface area (Å²) in [6, 6.07) is 0. The van der Waals surface area contributed by atoms with Gasteiger partial charge in [-0.25, -0.2) is 0 Å². The van der Waals surface area contributed by atoms with Crippen molar-refractivity contribution in [2.45, 2.75) is 52.6 Å². The molecule has 1 nitrogen and oxygen atoms in total. The van der Waals surface area contributed by atoms with Crippen LogP contribution in [-0.2, 0) is 4.74 Å². The number of ether oxygens (including phenoxy) is 1. The van der Waals surface area contributed by atoms with E-state index in [-0.39, 0.29) is 5.60 Å². The van der Waals surface area contributed by atoms with Gasteiger partial charge in [0.2, 0.25) is 0 Å². The fourth-order valence-electron chi connectivity index (χ4n) is 1.21. The Labute approximate surface area is 70.1 Å². The summed E-state index contributed by atoms with van der Waals surface area (Å²) in [4.78, 5) is 0. The third-order valence-corrected chi connectivity index (χ3v) is 2.26. The van der Waals surface area contributed by atoms with E-state index in [1.807, 2.05) is 0 Å². The van der Waals surface area contributed by atoms with Crippen molar-refractivity contribution in [2.75, 3.05) is 6.61 Å². The molecule has 1 aliphatic carbocycles. The first-order valence-corrected chi connectivity index (χ1v) is 4.55. The lowest BCUT2D eigenvalue weighted by Crippen LogP contribution is -2.38. The maximum atomic E-state index is 5.83. The third kappa shape index (κ3) is 2.82. The molecule has 66 valence electrons. The average Bonchev–Trinajstić information content (AvgIpc) is 1.77. The molecule has 0 aliphatic heterocycles. The normalized spacial score (nSPS) is 22.9. The van der Waals surface area contributed by atoms with Crippen LogP contribution in [0.15, 0.2) is 0 Å². The topological polar surface area (TPSA) is 9.23 Å². The quantitative estimate of drug-likeness (QED) is 0.597. The van der Waals surface area contributed by atoms with Crippen molar-refractivity contribution in [1.29, 1.82) is 0 Å². The zero-order chi connectivity index (χ0) is 8.54. The highest BCUT2D eigenvalue weighted by molar-refractivity contribution is 4.85. The van der Waals surface area contributed by atoms with Gasteiger partial charge in [-0.2, -0.15) is 0 Å². The van der Waals surface area contributed by atoms with E-state index in [0.29, 0.717) is 5.41 Å².